The topological polar surface area (TPSA) is 66.4 Å². The van der Waals surface area contributed by atoms with Gasteiger partial charge in [-0.15, -0.1) is 0 Å². The monoisotopic (exact) mass is 359 g/mol. The highest BCUT2D eigenvalue weighted by atomic mass is 32.2. The molecule has 1 atom stereocenters. The Bertz CT molecular complexity index is 966. The number of fused-ring (bicyclic) bond motifs is 1. The van der Waals surface area contributed by atoms with E-state index in [9.17, 15) is 17.9 Å². The predicted molar refractivity (Wildman–Crippen MR) is 95.9 cm³/mol. The maximum atomic E-state index is 12.9. The Balaban J connectivity index is 1.70. The van der Waals surface area contributed by atoms with Crippen LogP contribution in [0.15, 0.2) is 66.7 Å². The third kappa shape index (κ3) is 4.42. The molecule has 0 aliphatic rings. The molecule has 0 heterocycles. The molecule has 0 aliphatic heterocycles. The molecule has 1 unspecified atom stereocenters. The van der Waals surface area contributed by atoms with Crippen molar-refractivity contribution in [2.45, 2.75) is 11.9 Å². The number of aliphatic hydroxyl groups excluding tert-OH is 1. The Morgan fingerprint density at radius 1 is 0.960 bits per heavy atom. The largest absolute Gasteiger partial charge is 0.387 e. The zero-order chi connectivity index (χ0) is 17.9. The number of rotatable bonds is 6. The van der Waals surface area contributed by atoms with Gasteiger partial charge in [-0.25, -0.2) is 17.5 Å². The van der Waals surface area contributed by atoms with Gasteiger partial charge in [0.05, 0.1) is 11.9 Å². The van der Waals surface area contributed by atoms with E-state index in [2.05, 4.69) is 4.72 Å². The standard InChI is InChI=1S/C19H18FNO3S/c20-16-10-8-14(9-11-16)13-25(23,24)21-12-19(22)18-7-3-5-15-4-1-2-6-17(15)18/h1-11,19,21-22H,12-13H2. The van der Waals surface area contributed by atoms with Crippen LogP contribution in [0.1, 0.15) is 17.2 Å². The minimum atomic E-state index is -3.64. The number of hydrogen-bond donors (Lipinski definition) is 2. The van der Waals surface area contributed by atoms with Crippen molar-refractivity contribution in [2.75, 3.05) is 6.54 Å². The van der Waals surface area contributed by atoms with Gasteiger partial charge in [-0.05, 0) is 34.0 Å². The molecule has 3 aromatic rings. The molecule has 0 saturated carbocycles. The first-order valence-electron chi connectivity index (χ1n) is 7.82. The SMILES string of the molecule is O=S(=O)(Cc1ccc(F)cc1)NCC(O)c1cccc2ccccc12. The van der Waals surface area contributed by atoms with Crippen LogP contribution in [-0.2, 0) is 15.8 Å². The van der Waals surface area contributed by atoms with Gasteiger partial charge in [0, 0.05) is 6.54 Å². The average Bonchev–Trinajstić information content (AvgIpc) is 2.61. The fourth-order valence-electron chi connectivity index (χ4n) is 2.71. The smallest absolute Gasteiger partial charge is 0.215 e. The van der Waals surface area contributed by atoms with Gasteiger partial charge in [0.25, 0.3) is 0 Å². The van der Waals surface area contributed by atoms with E-state index in [0.29, 0.717) is 11.1 Å². The molecule has 3 rings (SSSR count). The van der Waals surface area contributed by atoms with E-state index in [4.69, 9.17) is 0 Å². The summed E-state index contributed by atoms with van der Waals surface area (Å²) in [6.45, 7) is -0.127. The molecule has 0 saturated heterocycles. The summed E-state index contributed by atoms with van der Waals surface area (Å²) >= 11 is 0. The normalized spacial score (nSPS) is 13.0. The number of hydrogen-bond acceptors (Lipinski definition) is 3. The molecule has 4 nitrogen and oxygen atoms in total. The van der Waals surface area contributed by atoms with Crippen LogP contribution >= 0.6 is 0 Å². The number of aliphatic hydroxyl groups is 1. The van der Waals surface area contributed by atoms with Crippen LogP contribution in [0.5, 0.6) is 0 Å². The molecule has 0 radical (unpaired) electrons. The van der Waals surface area contributed by atoms with E-state index in [-0.39, 0.29) is 12.3 Å². The molecule has 6 heteroatoms. The lowest BCUT2D eigenvalue weighted by Gasteiger charge is -2.15. The maximum Gasteiger partial charge on any atom is 0.215 e. The second-order valence-corrected chi connectivity index (χ2v) is 7.63. The highest BCUT2D eigenvalue weighted by Gasteiger charge is 2.16. The summed E-state index contributed by atoms with van der Waals surface area (Å²) in [6.07, 6.45) is -0.964. The van der Waals surface area contributed by atoms with Crippen molar-refractivity contribution in [3.8, 4) is 0 Å². The molecule has 130 valence electrons. The number of sulfonamides is 1. The first-order valence-corrected chi connectivity index (χ1v) is 9.47. The molecule has 0 spiro atoms. The van der Waals surface area contributed by atoms with E-state index in [1.807, 2.05) is 36.4 Å². The van der Waals surface area contributed by atoms with E-state index in [1.54, 1.807) is 6.07 Å². The zero-order valence-corrected chi connectivity index (χ0v) is 14.2. The van der Waals surface area contributed by atoms with Crippen molar-refractivity contribution in [2.24, 2.45) is 0 Å². The summed E-state index contributed by atoms with van der Waals surface area (Å²) in [5.41, 5.74) is 1.15. The third-order valence-corrected chi connectivity index (χ3v) is 5.27. The number of benzene rings is 3. The zero-order valence-electron chi connectivity index (χ0n) is 13.4. The van der Waals surface area contributed by atoms with Crippen LogP contribution in [0, 0.1) is 5.82 Å². The van der Waals surface area contributed by atoms with Crippen molar-refractivity contribution < 1.29 is 17.9 Å². The summed E-state index contributed by atoms with van der Waals surface area (Å²) in [4.78, 5) is 0. The minimum absolute atomic E-state index is 0.127. The van der Waals surface area contributed by atoms with Crippen molar-refractivity contribution in [1.82, 2.24) is 4.72 Å². The minimum Gasteiger partial charge on any atom is -0.387 e. The summed E-state index contributed by atoms with van der Waals surface area (Å²) in [5, 5.41) is 12.3. The Morgan fingerprint density at radius 3 is 2.40 bits per heavy atom. The van der Waals surface area contributed by atoms with Crippen molar-refractivity contribution >= 4 is 20.8 Å². The van der Waals surface area contributed by atoms with Crippen molar-refractivity contribution in [3.05, 3.63) is 83.7 Å². The summed E-state index contributed by atoms with van der Waals surface area (Å²) in [6, 6.07) is 18.4. The van der Waals surface area contributed by atoms with E-state index in [0.717, 1.165) is 10.8 Å². The van der Waals surface area contributed by atoms with E-state index in [1.165, 1.54) is 24.3 Å². The quantitative estimate of drug-likeness (QED) is 0.711. The second-order valence-electron chi connectivity index (χ2n) is 5.82. The van der Waals surface area contributed by atoms with Crippen molar-refractivity contribution in [3.63, 3.8) is 0 Å². The summed E-state index contributed by atoms with van der Waals surface area (Å²) in [7, 11) is -3.64. The fourth-order valence-corrected chi connectivity index (χ4v) is 3.85. The molecule has 0 amide bonds. The van der Waals surface area contributed by atoms with Gasteiger partial charge in [-0.2, -0.15) is 0 Å². The van der Waals surface area contributed by atoms with Gasteiger partial charge in [0.1, 0.15) is 5.82 Å². The first kappa shape index (κ1) is 17.5. The molecule has 0 aromatic heterocycles. The summed E-state index contributed by atoms with van der Waals surface area (Å²) < 4.78 is 39.6. The molecule has 25 heavy (non-hydrogen) atoms. The molecular formula is C19H18FNO3S. The van der Waals surface area contributed by atoms with Gasteiger partial charge in [0.2, 0.25) is 10.0 Å². The second kappa shape index (κ2) is 7.31. The Hall–Kier alpha value is -2.28. The van der Waals surface area contributed by atoms with Crippen LogP contribution in [0.4, 0.5) is 4.39 Å². The molecule has 0 bridgehead atoms. The highest BCUT2D eigenvalue weighted by Crippen LogP contribution is 2.24. The Morgan fingerprint density at radius 2 is 1.64 bits per heavy atom. The Kier molecular flexibility index (Phi) is 5.13. The molecule has 0 aliphatic carbocycles. The first-order chi connectivity index (χ1) is 11.9. The lowest BCUT2D eigenvalue weighted by molar-refractivity contribution is 0.183. The van der Waals surface area contributed by atoms with Gasteiger partial charge in [-0.3, -0.25) is 0 Å². The number of halogens is 1. The lowest BCUT2D eigenvalue weighted by Crippen LogP contribution is -2.29. The van der Waals surface area contributed by atoms with Crippen LogP contribution in [0.25, 0.3) is 10.8 Å². The fraction of sp³-hybridized carbons (Fsp3) is 0.158. The van der Waals surface area contributed by atoms with E-state index >= 15 is 0 Å². The highest BCUT2D eigenvalue weighted by molar-refractivity contribution is 7.88. The average molecular weight is 359 g/mol. The predicted octanol–water partition coefficient (Wildman–Crippen LogP) is 3.13. The van der Waals surface area contributed by atoms with Gasteiger partial charge in [0.15, 0.2) is 0 Å². The van der Waals surface area contributed by atoms with Gasteiger partial charge < -0.3 is 5.11 Å². The lowest BCUT2D eigenvalue weighted by atomic mass is 10.0. The van der Waals surface area contributed by atoms with Crippen LogP contribution in [0.3, 0.4) is 0 Å². The third-order valence-electron chi connectivity index (χ3n) is 3.95. The molecular weight excluding hydrogens is 341 g/mol. The molecule has 2 N–H and O–H groups in total. The maximum absolute atomic E-state index is 12.9. The summed E-state index contributed by atoms with van der Waals surface area (Å²) in [5.74, 6) is -0.685. The van der Waals surface area contributed by atoms with Crippen LogP contribution in [-0.4, -0.2) is 20.1 Å². The van der Waals surface area contributed by atoms with Crippen LogP contribution in [0.2, 0.25) is 0 Å². The van der Waals surface area contributed by atoms with Gasteiger partial charge >= 0.3 is 0 Å². The van der Waals surface area contributed by atoms with Crippen LogP contribution < -0.4 is 4.72 Å². The van der Waals surface area contributed by atoms with Crippen molar-refractivity contribution in [1.29, 1.82) is 0 Å². The number of nitrogens with one attached hydrogen (secondary N) is 1. The van der Waals surface area contributed by atoms with Gasteiger partial charge in [-0.1, -0.05) is 54.6 Å². The molecule has 3 aromatic carbocycles. The molecule has 0 fully saturated rings. The van der Waals surface area contributed by atoms with E-state index < -0.39 is 21.9 Å². The Labute approximate surface area is 146 Å².